The maximum Gasteiger partial charge on any atom is 0.106 e. The van der Waals surface area contributed by atoms with Gasteiger partial charge < -0.3 is 10.1 Å². The van der Waals surface area contributed by atoms with Gasteiger partial charge in [-0.2, -0.15) is 0 Å². The van der Waals surface area contributed by atoms with Gasteiger partial charge >= 0.3 is 0 Å². The molecule has 3 nitrogen and oxygen atoms in total. The lowest BCUT2D eigenvalue weighted by Gasteiger charge is -2.13. The molecule has 1 atom stereocenters. The Balaban J connectivity index is 2.36. The van der Waals surface area contributed by atoms with Crippen molar-refractivity contribution in [1.82, 2.24) is 10.3 Å². The van der Waals surface area contributed by atoms with Gasteiger partial charge in [0.2, 0.25) is 0 Å². The van der Waals surface area contributed by atoms with E-state index in [4.69, 9.17) is 4.74 Å². The van der Waals surface area contributed by atoms with E-state index in [1.165, 1.54) is 0 Å². The molecule has 0 aliphatic carbocycles. The van der Waals surface area contributed by atoms with Crippen molar-refractivity contribution in [2.45, 2.75) is 19.9 Å². The maximum atomic E-state index is 5.25. The summed E-state index contributed by atoms with van der Waals surface area (Å²) in [7, 11) is 0. The zero-order valence-electron chi connectivity index (χ0n) is 9.16. The molecule has 0 amide bonds. The molecule has 0 spiro atoms. The van der Waals surface area contributed by atoms with Crippen molar-refractivity contribution < 1.29 is 4.74 Å². The van der Waals surface area contributed by atoms with Crippen LogP contribution in [-0.2, 0) is 4.74 Å². The Hall–Kier alpha value is -0.450. The second-order valence-corrected chi connectivity index (χ2v) is 4.07. The van der Waals surface area contributed by atoms with Gasteiger partial charge in [0.05, 0.1) is 12.3 Å². The molecule has 1 N–H and O–H groups in total. The summed E-state index contributed by atoms with van der Waals surface area (Å²) >= 11 is 3.36. The minimum Gasteiger partial charge on any atom is -0.380 e. The summed E-state index contributed by atoms with van der Waals surface area (Å²) in [4.78, 5) is 4.39. The average molecular weight is 273 g/mol. The van der Waals surface area contributed by atoms with E-state index >= 15 is 0 Å². The summed E-state index contributed by atoms with van der Waals surface area (Å²) in [5.41, 5.74) is 1.04. The number of hydrogen-bond donors (Lipinski definition) is 1. The van der Waals surface area contributed by atoms with Crippen molar-refractivity contribution in [2.75, 3.05) is 19.8 Å². The minimum absolute atomic E-state index is 0.253. The lowest BCUT2D eigenvalue weighted by Crippen LogP contribution is -2.24. The van der Waals surface area contributed by atoms with Gasteiger partial charge in [-0.25, -0.2) is 4.98 Å². The van der Waals surface area contributed by atoms with Crippen LogP contribution in [0.2, 0.25) is 0 Å². The van der Waals surface area contributed by atoms with E-state index in [2.05, 4.69) is 33.2 Å². The van der Waals surface area contributed by atoms with Crippen LogP contribution in [0.15, 0.2) is 22.8 Å². The molecule has 0 radical (unpaired) electrons. The Morgan fingerprint density at radius 1 is 1.53 bits per heavy atom. The highest BCUT2D eigenvalue weighted by atomic mass is 79.9. The Morgan fingerprint density at radius 3 is 3.00 bits per heavy atom. The van der Waals surface area contributed by atoms with Crippen LogP contribution in [0.1, 0.15) is 25.6 Å². The van der Waals surface area contributed by atoms with Gasteiger partial charge in [-0.15, -0.1) is 0 Å². The highest BCUT2D eigenvalue weighted by molar-refractivity contribution is 9.10. The Labute approximate surface area is 99.4 Å². The van der Waals surface area contributed by atoms with Crippen LogP contribution in [0, 0.1) is 0 Å². The van der Waals surface area contributed by atoms with E-state index < -0.39 is 0 Å². The molecule has 4 heteroatoms. The van der Waals surface area contributed by atoms with Gasteiger partial charge in [0.25, 0.3) is 0 Å². The van der Waals surface area contributed by atoms with Crippen LogP contribution in [0.5, 0.6) is 0 Å². The first-order chi connectivity index (χ1) is 7.24. The second kappa shape index (κ2) is 6.93. The first-order valence-corrected chi connectivity index (χ1v) is 5.97. The topological polar surface area (TPSA) is 34.1 Å². The molecule has 0 aliphatic rings. The number of aromatic nitrogens is 1. The molecule has 0 aliphatic heterocycles. The highest BCUT2D eigenvalue weighted by Gasteiger charge is 2.05. The van der Waals surface area contributed by atoms with Crippen LogP contribution < -0.4 is 5.32 Å². The number of nitrogens with one attached hydrogen (secondary N) is 1. The van der Waals surface area contributed by atoms with Gasteiger partial charge in [-0.05, 0) is 41.9 Å². The van der Waals surface area contributed by atoms with E-state index in [1.807, 2.05) is 25.1 Å². The van der Waals surface area contributed by atoms with Gasteiger partial charge in [0.1, 0.15) is 4.60 Å². The van der Waals surface area contributed by atoms with Crippen molar-refractivity contribution in [2.24, 2.45) is 0 Å². The second-order valence-electron chi connectivity index (χ2n) is 3.26. The highest BCUT2D eigenvalue weighted by Crippen LogP contribution is 2.12. The fourth-order valence-electron chi connectivity index (χ4n) is 1.26. The zero-order valence-corrected chi connectivity index (χ0v) is 10.8. The molecule has 0 aromatic carbocycles. The summed E-state index contributed by atoms with van der Waals surface area (Å²) < 4.78 is 6.12. The monoisotopic (exact) mass is 272 g/mol. The molecule has 84 valence electrons. The molecule has 0 saturated carbocycles. The van der Waals surface area contributed by atoms with Crippen molar-refractivity contribution in [3.8, 4) is 0 Å². The van der Waals surface area contributed by atoms with Gasteiger partial charge in [0.15, 0.2) is 0 Å². The first-order valence-electron chi connectivity index (χ1n) is 5.17. The molecule has 0 bridgehead atoms. The standard InChI is InChI=1S/C11H17BrN2O/c1-3-15-8-7-13-9(2)10-5-4-6-11(12)14-10/h4-6,9,13H,3,7-8H2,1-2H3. The molecule has 0 fully saturated rings. The van der Waals surface area contributed by atoms with Gasteiger partial charge in [0, 0.05) is 19.2 Å². The molecule has 15 heavy (non-hydrogen) atoms. The number of hydrogen-bond acceptors (Lipinski definition) is 3. The summed E-state index contributed by atoms with van der Waals surface area (Å²) in [5.74, 6) is 0. The summed E-state index contributed by atoms with van der Waals surface area (Å²) in [6, 6.07) is 6.19. The summed E-state index contributed by atoms with van der Waals surface area (Å²) in [5, 5.41) is 3.35. The molecule has 1 heterocycles. The van der Waals surface area contributed by atoms with E-state index in [-0.39, 0.29) is 6.04 Å². The fraction of sp³-hybridized carbons (Fsp3) is 0.545. The van der Waals surface area contributed by atoms with Crippen LogP contribution in [0.25, 0.3) is 0 Å². The third-order valence-corrected chi connectivity index (χ3v) is 2.52. The van der Waals surface area contributed by atoms with Crippen molar-refractivity contribution in [1.29, 1.82) is 0 Å². The summed E-state index contributed by atoms with van der Waals surface area (Å²) in [6.45, 7) is 6.46. The fourth-order valence-corrected chi connectivity index (χ4v) is 1.62. The van der Waals surface area contributed by atoms with E-state index in [1.54, 1.807) is 0 Å². The maximum absolute atomic E-state index is 5.25. The van der Waals surface area contributed by atoms with E-state index in [9.17, 15) is 0 Å². The van der Waals surface area contributed by atoms with Crippen LogP contribution in [0.4, 0.5) is 0 Å². The third kappa shape index (κ3) is 4.73. The Bertz CT molecular complexity index is 294. The van der Waals surface area contributed by atoms with Crippen LogP contribution in [0.3, 0.4) is 0 Å². The normalized spacial score (nSPS) is 12.7. The van der Waals surface area contributed by atoms with E-state index in [0.717, 1.165) is 30.1 Å². The van der Waals surface area contributed by atoms with Crippen molar-refractivity contribution in [3.63, 3.8) is 0 Å². The number of rotatable bonds is 6. The zero-order chi connectivity index (χ0) is 11.1. The van der Waals surface area contributed by atoms with Crippen molar-refractivity contribution >= 4 is 15.9 Å². The molecule has 1 aromatic rings. The SMILES string of the molecule is CCOCCNC(C)c1cccc(Br)n1. The smallest absolute Gasteiger partial charge is 0.106 e. The van der Waals surface area contributed by atoms with Gasteiger partial charge in [-0.3, -0.25) is 0 Å². The predicted molar refractivity (Wildman–Crippen MR) is 64.8 cm³/mol. The quantitative estimate of drug-likeness (QED) is 0.639. The largest absolute Gasteiger partial charge is 0.380 e. The molecule has 1 unspecified atom stereocenters. The Kier molecular flexibility index (Phi) is 5.83. The first kappa shape index (κ1) is 12.6. The van der Waals surface area contributed by atoms with Crippen molar-refractivity contribution in [3.05, 3.63) is 28.5 Å². The number of ether oxygens (including phenoxy) is 1. The van der Waals surface area contributed by atoms with E-state index in [0.29, 0.717) is 0 Å². The molecule has 1 aromatic heterocycles. The van der Waals surface area contributed by atoms with Crippen LogP contribution in [-0.4, -0.2) is 24.7 Å². The average Bonchev–Trinajstić information content (AvgIpc) is 2.24. The Morgan fingerprint density at radius 2 is 2.33 bits per heavy atom. The molecular formula is C11H17BrN2O. The third-order valence-electron chi connectivity index (χ3n) is 2.08. The number of pyridine rings is 1. The number of nitrogens with zero attached hydrogens (tertiary/aromatic N) is 1. The lowest BCUT2D eigenvalue weighted by atomic mass is 10.2. The molecular weight excluding hydrogens is 256 g/mol. The lowest BCUT2D eigenvalue weighted by molar-refractivity contribution is 0.147. The van der Waals surface area contributed by atoms with Crippen LogP contribution >= 0.6 is 15.9 Å². The minimum atomic E-state index is 0.253. The summed E-state index contributed by atoms with van der Waals surface area (Å²) in [6.07, 6.45) is 0. The molecule has 1 rings (SSSR count). The predicted octanol–water partition coefficient (Wildman–Crippen LogP) is 2.53. The number of halogens is 1. The molecule has 0 saturated heterocycles. The van der Waals surface area contributed by atoms with Gasteiger partial charge in [-0.1, -0.05) is 6.07 Å².